The third-order valence-electron chi connectivity index (χ3n) is 3.21. The zero-order valence-electron chi connectivity index (χ0n) is 11.6. The van der Waals surface area contributed by atoms with Crippen molar-refractivity contribution in [3.63, 3.8) is 0 Å². The second-order valence-corrected chi connectivity index (χ2v) is 5.47. The van der Waals surface area contributed by atoms with Crippen molar-refractivity contribution in [1.29, 1.82) is 0 Å². The van der Waals surface area contributed by atoms with Crippen molar-refractivity contribution in [3.8, 4) is 0 Å². The molecule has 1 aliphatic carbocycles. The van der Waals surface area contributed by atoms with Crippen LogP contribution in [0, 0.1) is 0 Å². The van der Waals surface area contributed by atoms with Crippen LogP contribution in [-0.2, 0) is 0 Å². The number of Topliss-reactive ketones (excluding diaryl/α,β-unsaturated/α-hetero) is 1. The number of carbonyl (C=O) groups is 1. The van der Waals surface area contributed by atoms with Gasteiger partial charge in [-0.2, -0.15) is 4.98 Å². The van der Waals surface area contributed by atoms with Gasteiger partial charge in [0, 0.05) is 17.3 Å². The fourth-order valence-electron chi connectivity index (χ4n) is 1.87. The third-order valence-corrected chi connectivity index (χ3v) is 3.49. The van der Waals surface area contributed by atoms with Crippen LogP contribution in [0.4, 0.5) is 17.5 Å². The molecule has 0 amide bonds. The molecular formula is C15H15ClN4O. The molecule has 0 radical (unpaired) electrons. The number of nitrogens with zero attached hydrogens (tertiary/aromatic N) is 2. The van der Waals surface area contributed by atoms with Crippen LogP contribution < -0.4 is 10.6 Å². The summed E-state index contributed by atoms with van der Waals surface area (Å²) in [5, 5.41) is 6.88. The number of anilines is 3. The summed E-state index contributed by atoms with van der Waals surface area (Å²) in [6.45, 7) is 1.54. The summed E-state index contributed by atoms with van der Waals surface area (Å²) in [5.41, 5.74) is 1.49. The van der Waals surface area contributed by atoms with Gasteiger partial charge in [0.05, 0.1) is 6.20 Å². The van der Waals surface area contributed by atoms with Crippen LogP contribution in [0.25, 0.3) is 0 Å². The van der Waals surface area contributed by atoms with E-state index in [0.717, 1.165) is 18.5 Å². The van der Waals surface area contributed by atoms with Gasteiger partial charge in [0.1, 0.15) is 5.02 Å². The number of rotatable bonds is 5. The quantitative estimate of drug-likeness (QED) is 0.825. The average molecular weight is 303 g/mol. The maximum absolute atomic E-state index is 11.2. The number of hydrogen-bond acceptors (Lipinski definition) is 5. The van der Waals surface area contributed by atoms with E-state index in [1.807, 2.05) is 12.1 Å². The number of benzene rings is 1. The molecule has 0 spiro atoms. The lowest BCUT2D eigenvalue weighted by Crippen LogP contribution is -2.06. The predicted octanol–water partition coefficient (Wildman–Crippen LogP) is 3.65. The zero-order chi connectivity index (χ0) is 14.8. The normalized spacial score (nSPS) is 13.8. The van der Waals surface area contributed by atoms with Gasteiger partial charge in [-0.25, -0.2) is 4.98 Å². The number of aromatic nitrogens is 2. The highest BCUT2D eigenvalue weighted by atomic mass is 35.5. The number of hydrogen-bond donors (Lipinski definition) is 2. The largest absolute Gasteiger partial charge is 0.366 e. The Morgan fingerprint density at radius 3 is 2.62 bits per heavy atom. The maximum atomic E-state index is 11.2. The third kappa shape index (κ3) is 3.49. The summed E-state index contributed by atoms with van der Waals surface area (Å²) >= 11 is 6.07. The highest BCUT2D eigenvalue weighted by Gasteiger charge is 2.22. The lowest BCUT2D eigenvalue weighted by atomic mass is 10.1. The van der Waals surface area contributed by atoms with Gasteiger partial charge < -0.3 is 10.6 Å². The Morgan fingerprint density at radius 1 is 1.29 bits per heavy atom. The summed E-state index contributed by atoms with van der Waals surface area (Å²) in [6, 6.07) is 7.65. The molecule has 2 aromatic rings. The van der Waals surface area contributed by atoms with E-state index < -0.39 is 0 Å². The van der Waals surface area contributed by atoms with E-state index in [4.69, 9.17) is 11.6 Å². The summed E-state index contributed by atoms with van der Waals surface area (Å²) in [5.74, 6) is 1.16. The van der Waals surface area contributed by atoms with Crippen LogP contribution in [-0.4, -0.2) is 21.8 Å². The summed E-state index contributed by atoms with van der Waals surface area (Å²) in [7, 11) is 0. The van der Waals surface area contributed by atoms with Crippen LogP contribution in [0.2, 0.25) is 5.02 Å². The lowest BCUT2D eigenvalue weighted by molar-refractivity contribution is 0.101. The van der Waals surface area contributed by atoms with Crippen molar-refractivity contribution in [1.82, 2.24) is 9.97 Å². The summed E-state index contributed by atoms with van der Waals surface area (Å²) < 4.78 is 0. The Bertz CT molecular complexity index is 668. The van der Waals surface area contributed by atoms with Gasteiger partial charge in [0.25, 0.3) is 0 Å². The Kier molecular flexibility index (Phi) is 3.75. The minimum atomic E-state index is 0.0419. The van der Waals surface area contributed by atoms with Crippen LogP contribution in [0.5, 0.6) is 0 Å². The molecule has 0 bridgehead atoms. The van der Waals surface area contributed by atoms with Crippen molar-refractivity contribution >= 4 is 34.8 Å². The van der Waals surface area contributed by atoms with Crippen LogP contribution in [0.3, 0.4) is 0 Å². The number of carbonyl (C=O) groups excluding carboxylic acids is 1. The van der Waals surface area contributed by atoms with E-state index in [-0.39, 0.29) is 5.78 Å². The van der Waals surface area contributed by atoms with Crippen LogP contribution in [0.15, 0.2) is 30.5 Å². The van der Waals surface area contributed by atoms with Crippen molar-refractivity contribution in [3.05, 3.63) is 41.0 Å². The van der Waals surface area contributed by atoms with E-state index in [0.29, 0.717) is 28.4 Å². The summed E-state index contributed by atoms with van der Waals surface area (Å²) in [4.78, 5) is 19.8. The number of nitrogens with one attached hydrogen (secondary N) is 2. The molecule has 0 aliphatic heterocycles. The van der Waals surface area contributed by atoms with Gasteiger partial charge in [-0.1, -0.05) is 11.6 Å². The first-order valence-corrected chi connectivity index (χ1v) is 7.17. The van der Waals surface area contributed by atoms with Gasteiger partial charge in [0.15, 0.2) is 11.6 Å². The average Bonchev–Trinajstić information content (AvgIpc) is 3.27. The second-order valence-electron chi connectivity index (χ2n) is 5.07. The Balaban J connectivity index is 1.75. The van der Waals surface area contributed by atoms with Crippen LogP contribution >= 0.6 is 11.6 Å². The smallest absolute Gasteiger partial charge is 0.229 e. The monoisotopic (exact) mass is 302 g/mol. The molecular weight excluding hydrogens is 288 g/mol. The molecule has 1 heterocycles. The molecule has 1 aliphatic rings. The highest BCUT2D eigenvalue weighted by Crippen LogP contribution is 2.28. The Hall–Kier alpha value is -2.14. The van der Waals surface area contributed by atoms with Crippen molar-refractivity contribution in [2.45, 2.75) is 25.8 Å². The van der Waals surface area contributed by atoms with E-state index in [1.165, 1.54) is 0 Å². The molecule has 6 heteroatoms. The van der Waals surface area contributed by atoms with Crippen molar-refractivity contribution < 1.29 is 4.79 Å². The van der Waals surface area contributed by atoms with Gasteiger partial charge in [-0.15, -0.1) is 0 Å². The maximum Gasteiger partial charge on any atom is 0.229 e. The predicted molar refractivity (Wildman–Crippen MR) is 83.4 cm³/mol. The van der Waals surface area contributed by atoms with E-state index in [9.17, 15) is 4.79 Å². The first kappa shape index (κ1) is 13.8. The van der Waals surface area contributed by atoms with Gasteiger partial charge in [-0.05, 0) is 44.0 Å². The molecule has 1 fully saturated rings. The van der Waals surface area contributed by atoms with E-state index in [2.05, 4.69) is 20.6 Å². The molecule has 1 aromatic carbocycles. The Labute approximate surface area is 127 Å². The zero-order valence-corrected chi connectivity index (χ0v) is 12.3. The SMILES string of the molecule is CC(=O)c1ccc(Nc2ncc(Cl)c(NC3CC3)n2)cc1. The number of halogens is 1. The lowest BCUT2D eigenvalue weighted by Gasteiger charge is -2.09. The van der Waals surface area contributed by atoms with Crippen molar-refractivity contribution in [2.24, 2.45) is 0 Å². The second kappa shape index (κ2) is 5.69. The minimum absolute atomic E-state index is 0.0419. The first-order valence-electron chi connectivity index (χ1n) is 6.79. The fourth-order valence-corrected chi connectivity index (χ4v) is 2.01. The molecule has 0 saturated heterocycles. The van der Waals surface area contributed by atoms with E-state index >= 15 is 0 Å². The minimum Gasteiger partial charge on any atom is -0.366 e. The molecule has 0 atom stereocenters. The summed E-state index contributed by atoms with van der Waals surface area (Å²) in [6.07, 6.45) is 3.87. The fraction of sp³-hybridized carbons (Fsp3) is 0.267. The molecule has 5 nitrogen and oxygen atoms in total. The van der Waals surface area contributed by atoms with Gasteiger partial charge in [0.2, 0.25) is 5.95 Å². The van der Waals surface area contributed by atoms with Gasteiger partial charge in [-0.3, -0.25) is 4.79 Å². The molecule has 3 rings (SSSR count). The molecule has 108 valence electrons. The van der Waals surface area contributed by atoms with Crippen molar-refractivity contribution in [2.75, 3.05) is 10.6 Å². The van der Waals surface area contributed by atoms with E-state index in [1.54, 1.807) is 25.3 Å². The standard InChI is InChI=1S/C15H15ClN4O/c1-9(21)10-2-4-12(5-3-10)19-15-17-8-13(16)14(20-15)18-11-6-7-11/h2-5,8,11H,6-7H2,1H3,(H2,17,18,19,20). The molecule has 21 heavy (non-hydrogen) atoms. The van der Waals surface area contributed by atoms with Crippen LogP contribution in [0.1, 0.15) is 30.1 Å². The highest BCUT2D eigenvalue weighted by molar-refractivity contribution is 6.32. The molecule has 0 unspecified atom stereocenters. The first-order chi connectivity index (χ1) is 10.1. The topological polar surface area (TPSA) is 66.9 Å². The molecule has 2 N–H and O–H groups in total. The van der Waals surface area contributed by atoms with Gasteiger partial charge >= 0.3 is 0 Å². The molecule has 1 aromatic heterocycles. The Morgan fingerprint density at radius 2 is 2.00 bits per heavy atom. The number of ketones is 1. The molecule has 1 saturated carbocycles.